The number of aromatic nitrogens is 3. The van der Waals surface area contributed by atoms with Crippen LogP contribution < -0.4 is 5.32 Å². The Morgan fingerprint density at radius 2 is 1.97 bits per heavy atom. The molecule has 4 rings (SSSR count). The number of rotatable bonds is 8. The summed E-state index contributed by atoms with van der Waals surface area (Å²) in [6.45, 7) is 4.00. The summed E-state index contributed by atoms with van der Waals surface area (Å²) in [5, 5.41) is 7.93. The smallest absolute Gasteiger partial charge is 0.331 e. The predicted molar refractivity (Wildman–Crippen MR) is 124 cm³/mol. The van der Waals surface area contributed by atoms with Crippen molar-refractivity contribution in [3.8, 4) is 11.3 Å². The van der Waals surface area contributed by atoms with Crippen molar-refractivity contribution in [2.24, 2.45) is 0 Å². The average Bonchev–Trinajstić information content (AvgIpc) is 3.49. The van der Waals surface area contributed by atoms with E-state index in [4.69, 9.17) is 14.1 Å². The zero-order valence-electron chi connectivity index (χ0n) is 18.9. The van der Waals surface area contributed by atoms with E-state index >= 15 is 0 Å². The van der Waals surface area contributed by atoms with Gasteiger partial charge in [-0.2, -0.15) is 5.10 Å². The van der Waals surface area contributed by atoms with E-state index in [9.17, 15) is 9.59 Å². The maximum Gasteiger partial charge on any atom is 0.331 e. The Morgan fingerprint density at radius 1 is 1.18 bits per heavy atom. The van der Waals surface area contributed by atoms with Crippen LogP contribution in [-0.2, 0) is 16.1 Å². The van der Waals surface area contributed by atoms with Crippen molar-refractivity contribution >= 4 is 22.9 Å². The first-order valence-corrected chi connectivity index (χ1v) is 10.8. The van der Waals surface area contributed by atoms with Gasteiger partial charge in [-0.25, -0.2) is 14.5 Å². The quantitative estimate of drug-likeness (QED) is 0.407. The first-order chi connectivity index (χ1) is 15.9. The number of nitrogens with one attached hydrogen (secondary N) is 1. The van der Waals surface area contributed by atoms with Crippen LogP contribution in [0.15, 0.2) is 65.4 Å². The van der Waals surface area contributed by atoms with Crippen molar-refractivity contribution in [2.75, 3.05) is 7.11 Å². The fraction of sp³-hybridized carbons (Fsp3) is 0.280. The van der Waals surface area contributed by atoms with Crippen LogP contribution in [0.2, 0.25) is 0 Å². The molecule has 8 nitrogen and oxygen atoms in total. The van der Waals surface area contributed by atoms with Gasteiger partial charge in [0.05, 0.1) is 36.2 Å². The molecule has 1 atom stereocenters. The number of ether oxygens (including phenoxy) is 1. The number of carbonyl (C=O) groups is 2. The first-order valence-electron chi connectivity index (χ1n) is 10.8. The Bertz CT molecular complexity index is 1260. The number of furan rings is 1. The monoisotopic (exact) mass is 446 g/mol. The van der Waals surface area contributed by atoms with Gasteiger partial charge in [0.25, 0.3) is 5.91 Å². The fourth-order valence-corrected chi connectivity index (χ4v) is 3.92. The van der Waals surface area contributed by atoms with Crippen LogP contribution in [-0.4, -0.2) is 39.3 Å². The fourth-order valence-electron chi connectivity index (χ4n) is 3.92. The summed E-state index contributed by atoms with van der Waals surface area (Å²) in [6.07, 6.45) is 4.37. The molecule has 3 heterocycles. The van der Waals surface area contributed by atoms with Gasteiger partial charge in [0.2, 0.25) is 0 Å². The number of esters is 1. The minimum absolute atomic E-state index is 0.374. The summed E-state index contributed by atoms with van der Waals surface area (Å²) in [4.78, 5) is 30.7. The number of carbonyl (C=O) groups excluding carboxylic acids is 2. The van der Waals surface area contributed by atoms with Crippen molar-refractivity contribution in [3.63, 3.8) is 0 Å². The minimum atomic E-state index is -1.15. The highest BCUT2D eigenvalue weighted by Gasteiger charge is 2.36. The van der Waals surface area contributed by atoms with E-state index in [0.717, 1.165) is 11.3 Å². The van der Waals surface area contributed by atoms with E-state index in [2.05, 4.69) is 10.4 Å². The third kappa shape index (κ3) is 4.50. The molecule has 0 bridgehead atoms. The number of benzene rings is 1. The molecule has 0 spiro atoms. The number of amides is 1. The van der Waals surface area contributed by atoms with Gasteiger partial charge in [0, 0.05) is 5.56 Å². The Kier molecular flexibility index (Phi) is 6.26. The van der Waals surface area contributed by atoms with Crippen LogP contribution in [0.3, 0.4) is 0 Å². The average molecular weight is 447 g/mol. The Labute approximate surface area is 191 Å². The highest BCUT2D eigenvalue weighted by Crippen LogP contribution is 2.26. The molecule has 0 saturated heterocycles. The zero-order valence-corrected chi connectivity index (χ0v) is 18.9. The second kappa shape index (κ2) is 9.28. The Balaban J connectivity index is 1.81. The molecule has 4 aromatic rings. The van der Waals surface area contributed by atoms with Crippen molar-refractivity contribution in [1.82, 2.24) is 20.1 Å². The van der Waals surface area contributed by atoms with Gasteiger partial charge in [-0.1, -0.05) is 43.7 Å². The number of hydrogen-bond donors (Lipinski definition) is 1. The topological polar surface area (TPSA) is 99.3 Å². The number of hydrogen-bond acceptors (Lipinski definition) is 6. The van der Waals surface area contributed by atoms with Gasteiger partial charge in [0.15, 0.2) is 5.65 Å². The molecule has 0 radical (unpaired) electrons. The molecule has 170 valence electrons. The van der Waals surface area contributed by atoms with Gasteiger partial charge in [0.1, 0.15) is 17.8 Å². The molecule has 0 aliphatic heterocycles. The molecule has 1 aromatic carbocycles. The lowest BCUT2D eigenvalue weighted by atomic mass is 9.95. The summed E-state index contributed by atoms with van der Waals surface area (Å²) < 4.78 is 12.1. The van der Waals surface area contributed by atoms with Crippen molar-refractivity contribution in [3.05, 3.63) is 72.3 Å². The Morgan fingerprint density at radius 3 is 2.64 bits per heavy atom. The van der Waals surface area contributed by atoms with Crippen LogP contribution in [0.4, 0.5) is 0 Å². The SMILES string of the molecule is CCCC(C)(NC(=O)c1cc(-c2ccccc2)nc2c1cnn2Cc1ccco1)C(=O)OC. The number of fused-ring (bicyclic) bond motifs is 1. The van der Waals surface area contributed by atoms with Gasteiger partial charge in [-0.3, -0.25) is 4.79 Å². The number of nitrogens with zero attached hydrogens (tertiary/aromatic N) is 3. The maximum absolute atomic E-state index is 13.5. The lowest BCUT2D eigenvalue weighted by Gasteiger charge is -2.27. The molecule has 0 aliphatic carbocycles. The molecule has 8 heteroatoms. The first kappa shape index (κ1) is 22.3. The Hall–Kier alpha value is -3.94. The second-order valence-corrected chi connectivity index (χ2v) is 8.07. The molecule has 33 heavy (non-hydrogen) atoms. The third-order valence-corrected chi connectivity index (χ3v) is 5.58. The summed E-state index contributed by atoms with van der Waals surface area (Å²) in [6, 6.07) is 15.0. The highest BCUT2D eigenvalue weighted by molar-refractivity contribution is 6.08. The van der Waals surface area contributed by atoms with E-state index in [1.54, 1.807) is 30.1 Å². The van der Waals surface area contributed by atoms with Crippen LogP contribution in [0, 0.1) is 0 Å². The van der Waals surface area contributed by atoms with E-state index in [0.29, 0.717) is 41.7 Å². The van der Waals surface area contributed by atoms with Crippen LogP contribution >= 0.6 is 0 Å². The summed E-state index contributed by atoms with van der Waals surface area (Å²) in [5.41, 5.74) is 1.28. The molecule has 1 N–H and O–H groups in total. The minimum Gasteiger partial charge on any atom is -0.467 e. The number of pyridine rings is 1. The third-order valence-electron chi connectivity index (χ3n) is 5.58. The molecule has 0 aliphatic rings. The molecular weight excluding hydrogens is 420 g/mol. The molecule has 1 unspecified atom stereocenters. The summed E-state index contributed by atoms with van der Waals surface area (Å²) in [5.74, 6) is -0.155. The predicted octanol–water partition coefficient (Wildman–Crippen LogP) is 4.20. The molecule has 3 aromatic heterocycles. The molecule has 0 fully saturated rings. The maximum atomic E-state index is 13.5. The van der Waals surface area contributed by atoms with Gasteiger partial charge in [-0.15, -0.1) is 0 Å². The summed E-state index contributed by atoms with van der Waals surface area (Å²) >= 11 is 0. The van der Waals surface area contributed by atoms with Gasteiger partial charge >= 0.3 is 5.97 Å². The highest BCUT2D eigenvalue weighted by atomic mass is 16.5. The van der Waals surface area contributed by atoms with Crippen LogP contribution in [0.1, 0.15) is 42.8 Å². The molecule has 1 amide bonds. The molecule has 0 saturated carbocycles. The van der Waals surface area contributed by atoms with E-state index in [1.165, 1.54) is 7.11 Å². The van der Waals surface area contributed by atoms with Crippen molar-refractivity contribution in [1.29, 1.82) is 0 Å². The van der Waals surface area contributed by atoms with Gasteiger partial charge < -0.3 is 14.5 Å². The van der Waals surface area contributed by atoms with E-state index in [1.807, 2.05) is 49.4 Å². The van der Waals surface area contributed by atoms with Crippen molar-refractivity contribution < 1.29 is 18.7 Å². The van der Waals surface area contributed by atoms with Crippen LogP contribution in [0.5, 0.6) is 0 Å². The largest absolute Gasteiger partial charge is 0.467 e. The lowest BCUT2D eigenvalue weighted by Crippen LogP contribution is -2.52. The van der Waals surface area contributed by atoms with E-state index < -0.39 is 17.4 Å². The molecular formula is C25H26N4O4. The summed E-state index contributed by atoms with van der Waals surface area (Å²) in [7, 11) is 1.32. The van der Waals surface area contributed by atoms with Crippen molar-refractivity contribution in [2.45, 2.75) is 38.8 Å². The van der Waals surface area contributed by atoms with E-state index in [-0.39, 0.29) is 0 Å². The van der Waals surface area contributed by atoms with Gasteiger partial charge in [-0.05, 0) is 31.5 Å². The normalized spacial score (nSPS) is 12.9. The zero-order chi connectivity index (χ0) is 23.4. The number of methoxy groups -OCH3 is 1. The lowest BCUT2D eigenvalue weighted by molar-refractivity contribution is -0.147. The standard InChI is InChI=1S/C25H26N4O4/c1-4-12-25(2,24(31)32-3)28-23(30)19-14-21(17-9-6-5-7-10-17)27-22-20(19)15-26-29(22)16-18-11-8-13-33-18/h5-11,13-15H,4,12,16H2,1-3H3,(H,28,30). The van der Waals surface area contributed by atoms with Crippen LogP contribution in [0.25, 0.3) is 22.3 Å². The second-order valence-electron chi connectivity index (χ2n) is 8.07.